The van der Waals surface area contributed by atoms with Crippen LogP contribution in [0, 0.1) is 0 Å². The highest BCUT2D eigenvalue weighted by Gasteiger charge is 2.24. The van der Waals surface area contributed by atoms with Gasteiger partial charge in [-0.3, -0.25) is 52.7 Å². The van der Waals surface area contributed by atoms with E-state index in [0.29, 0.717) is 0 Å². The highest BCUT2D eigenvalue weighted by Crippen LogP contribution is 2.05. The zero-order chi connectivity index (χ0) is 41.9. The molecule has 0 aliphatic rings. The van der Waals surface area contributed by atoms with Crippen molar-refractivity contribution >= 4 is 70.6 Å². The van der Waals surface area contributed by atoms with E-state index in [2.05, 4.69) is 30.2 Å². The van der Waals surface area contributed by atoms with Crippen LogP contribution in [0.2, 0.25) is 0 Å². The molecule has 0 aromatic carbocycles. The highest BCUT2D eigenvalue weighted by molar-refractivity contribution is 5.94. The molecule has 0 bridgehead atoms. The summed E-state index contributed by atoms with van der Waals surface area (Å²) in [5.41, 5.74) is 0. The summed E-state index contributed by atoms with van der Waals surface area (Å²) in [6.45, 7) is -2.62. The molecular weight excluding hydrogens is 732 g/mol. The van der Waals surface area contributed by atoms with Gasteiger partial charge >= 0.3 is 17.9 Å². The van der Waals surface area contributed by atoms with Crippen LogP contribution in [0.3, 0.4) is 0 Å². The number of methoxy groups -OCH3 is 3. The molecule has 0 fully saturated rings. The molecule has 0 unspecified atom stereocenters. The van der Waals surface area contributed by atoms with Gasteiger partial charge in [0.05, 0.1) is 47.5 Å². The number of ether oxygens (including phenoxy) is 3. The van der Waals surface area contributed by atoms with Crippen LogP contribution in [0.15, 0.2) is 0 Å². The monoisotopic (exact) mass is 784 g/mol. The minimum atomic E-state index is -0.865. The van der Waals surface area contributed by atoms with E-state index < -0.39 is 111 Å². The van der Waals surface area contributed by atoms with Crippen molar-refractivity contribution in [3.05, 3.63) is 0 Å². The summed E-state index contributed by atoms with van der Waals surface area (Å²) in [7, 11) is 4.84. The Morgan fingerprint density at radius 1 is 0.455 bits per heavy atom. The Morgan fingerprint density at radius 2 is 0.909 bits per heavy atom. The first-order valence-electron chi connectivity index (χ1n) is 17.2. The average Bonchev–Trinajstić information content (AvgIpc) is 3.14. The van der Waals surface area contributed by atoms with Crippen LogP contribution < -0.4 is 16.0 Å². The van der Waals surface area contributed by atoms with Crippen LogP contribution in [0.25, 0.3) is 0 Å². The predicted molar refractivity (Wildman–Crippen MR) is 188 cm³/mol. The number of carbonyl (C=O) groups is 12. The molecule has 5 amide bonds. The third kappa shape index (κ3) is 23.6. The van der Waals surface area contributed by atoms with Crippen LogP contribution in [-0.2, 0) is 71.7 Å². The van der Waals surface area contributed by atoms with Gasteiger partial charge in [0.1, 0.15) is 37.7 Å². The second-order valence-corrected chi connectivity index (χ2v) is 12.1. The lowest BCUT2D eigenvalue weighted by atomic mass is 10.1. The first kappa shape index (κ1) is 49.4. The van der Waals surface area contributed by atoms with Gasteiger partial charge < -0.3 is 49.7 Å². The molecule has 0 aliphatic carbocycles. The summed E-state index contributed by atoms with van der Waals surface area (Å²) < 4.78 is 13.7. The molecule has 0 radical (unpaired) electrons. The van der Waals surface area contributed by atoms with Crippen LogP contribution in [-0.4, -0.2) is 173 Å². The molecular formula is C34H52N6O15. The van der Waals surface area contributed by atoms with Crippen molar-refractivity contribution in [1.82, 2.24) is 30.7 Å². The lowest BCUT2D eigenvalue weighted by molar-refractivity contribution is -0.148. The Labute approximate surface area is 318 Å². The third-order valence-electron chi connectivity index (χ3n) is 7.47. The quantitative estimate of drug-likeness (QED) is 0.0384. The van der Waals surface area contributed by atoms with Gasteiger partial charge in [0.15, 0.2) is 11.6 Å². The van der Waals surface area contributed by atoms with Crippen molar-refractivity contribution in [1.29, 1.82) is 0 Å². The topological polar surface area (TPSA) is 278 Å². The molecule has 3 N–H and O–H groups in total. The van der Waals surface area contributed by atoms with Gasteiger partial charge in [-0.2, -0.15) is 0 Å². The lowest BCUT2D eigenvalue weighted by Gasteiger charge is -2.22. The Kier molecular flexibility index (Phi) is 25.1. The Bertz CT molecular complexity index is 1420. The Morgan fingerprint density at radius 3 is 1.38 bits per heavy atom. The Hall–Kier alpha value is -5.60. The second kappa shape index (κ2) is 27.9. The number of hydrogen-bond acceptors (Lipinski definition) is 16. The van der Waals surface area contributed by atoms with Crippen molar-refractivity contribution in [2.24, 2.45) is 0 Å². The summed E-state index contributed by atoms with van der Waals surface area (Å²) in [6, 6.07) is 0. The highest BCUT2D eigenvalue weighted by atomic mass is 16.5. The van der Waals surface area contributed by atoms with Crippen molar-refractivity contribution in [3.8, 4) is 0 Å². The van der Waals surface area contributed by atoms with Gasteiger partial charge in [0.25, 0.3) is 0 Å². The first-order valence-corrected chi connectivity index (χ1v) is 17.2. The molecule has 0 atom stereocenters. The molecule has 21 nitrogen and oxygen atoms in total. The van der Waals surface area contributed by atoms with E-state index >= 15 is 0 Å². The standard InChI is InChI=1S/C34H52N6O15/c1-23(41)8-12-29(47)38(20-32(50)53-3)17-25(43)7-6-14-36-28(46)19-40(22-34(52)55-5)31(49)16-37-27(45)11-9-26(44)18-39(21-33(51)54-4)30(48)13-10-24(42)15-35-2/h35H,6-22H2,1-5H3,(H,36,46)(H,37,45). The molecule has 0 aliphatic heterocycles. The molecule has 0 aromatic rings. The Balaban J connectivity index is 5.03. The number of carbonyl (C=O) groups excluding carboxylic acids is 12. The maximum absolute atomic E-state index is 12.8. The first-order chi connectivity index (χ1) is 25.9. The largest absolute Gasteiger partial charge is 0.468 e. The van der Waals surface area contributed by atoms with Crippen molar-refractivity contribution < 1.29 is 71.7 Å². The van der Waals surface area contributed by atoms with Gasteiger partial charge in [-0.15, -0.1) is 0 Å². The zero-order valence-corrected chi connectivity index (χ0v) is 32.0. The molecule has 0 saturated heterocycles. The van der Waals surface area contributed by atoms with Gasteiger partial charge in [-0.05, 0) is 20.4 Å². The number of nitrogens with zero attached hydrogens (tertiary/aromatic N) is 3. The van der Waals surface area contributed by atoms with E-state index in [9.17, 15) is 57.5 Å². The molecule has 0 rings (SSSR count). The molecule has 0 aromatic heterocycles. The van der Waals surface area contributed by atoms with E-state index in [1.807, 2.05) is 0 Å². The zero-order valence-electron chi connectivity index (χ0n) is 32.0. The second-order valence-electron chi connectivity index (χ2n) is 12.1. The number of hydrogen-bond donors (Lipinski definition) is 3. The average molecular weight is 785 g/mol. The number of Topliss-reactive ketones (excluding diaryl/α,β-unsaturated/α-hetero) is 4. The molecule has 21 heteroatoms. The van der Waals surface area contributed by atoms with E-state index in [-0.39, 0.29) is 69.6 Å². The summed E-state index contributed by atoms with van der Waals surface area (Å²) in [4.78, 5) is 149. The van der Waals surface area contributed by atoms with Gasteiger partial charge in [0.2, 0.25) is 29.5 Å². The molecule has 0 spiro atoms. The molecule has 308 valence electrons. The number of nitrogens with one attached hydrogen (secondary N) is 3. The van der Waals surface area contributed by atoms with E-state index in [4.69, 9.17) is 0 Å². The number of rotatable bonds is 29. The van der Waals surface area contributed by atoms with Gasteiger partial charge in [0, 0.05) is 51.5 Å². The van der Waals surface area contributed by atoms with Gasteiger partial charge in [-0.1, -0.05) is 0 Å². The fourth-order valence-electron chi connectivity index (χ4n) is 4.44. The maximum Gasteiger partial charge on any atom is 0.325 e. The summed E-state index contributed by atoms with van der Waals surface area (Å²) >= 11 is 0. The third-order valence-corrected chi connectivity index (χ3v) is 7.47. The SMILES string of the molecule is CNCC(=O)CCC(=O)N(CC(=O)CCC(=O)NCC(=O)N(CC(=O)NCCCC(=O)CN(CC(=O)OC)C(=O)CCC(C)=O)CC(=O)OC)CC(=O)OC. The minimum absolute atomic E-state index is 0.0393. The normalized spacial score (nSPS) is 10.3. The van der Waals surface area contributed by atoms with Crippen LogP contribution in [0.1, 0.15) is 58.3 Å². The van der Waals surface area contributed by atoms with Crippen molar-refractivity contribution in [2.75, 3.05) is 87.3 Å². The van der Waals surface area contributed by atoms with E-state index in [0.717, 1.165) is 36.0 Å². The number of amides is 5. The molecule has 0 heterocycles. The van der Waals surface area contributed by atoms with Crippen LogP contribution in [0.5, 0.6) is 0 Å². The minimum Gasteiger partial charge on any atom is -0.468 e. The van der Waals surface area contributed by atoms with Crippen molar-refractivity contribution in [3.63, 3.8) is 0 Å². The molecule has 55 heavy (non-hydrogen) atoms. The predicted octanol–water partition coefficient (Wildman–Crippen LogP) is -3.14. The summed E-state index contributed by atoms with van der Waals surface area (Å²) in [6.07, 6.45) is -1.39. The van der Waals surface area contributed by atoms with Crippen LogP contribution in [0.4, 0.5) is 0 Å². The summed E-state index contributed by atoms with van der Waals surface area (Å²) in [5, 5.41) is 7.43. The fraction of sp³-hybridized carbons (Fsp3) is 0.647. The number of likely N-dealkylation sites (N-methyl/N-ethyl adjacent to an activating group) is 1. The molecule has 0 saturated carbocycles. The lowest BCUT2D eigenvalue weighted by Crippen LogP contribution is -2.47. The number of ketones is 4. The smallest absolute Gasteiger partial charge is 0.325 e. The van der Waals surface area contributed by atoms with Crippen LogP contribution >= 0.6 is 0 Å². The summed E-state index contributed by atoms with van der Waals surface area (Å²) in [5.74, 6) is -7.48. The fourth-order valence-corrected chi connectivity index (χ4v) is 4.44. The maximum atomic E-state index is 12.8. The van der Waals surface area contributed by atoms with Gasteiger partial charge in [-0.25, -0.2) is 0 Å². The number of esters is 3. The van der Waals surface area contributed by atoms with E-state index in [1.165, 1.54) is 6.92 Å². The van der Waals surface area contributed by atoms with Crippen molar-refractivity contribution in [2.45, 2.75) is 58.3 Å². The van der Waals surface area contributed by atoms with E-state index in [1.54, 1.807) is 7.05 Å².